The molecular formula is C8H4Cl2F3. The van der Waals surface area contributed by atoms with E-state index in [2.05, 4.69) is 0 Å². The van der Waals surface area contributed by atoms with Crippen LogP contribution in [0, 0.1) is 5.88 Å². The molecule has 0 heterocycles. The van der Waals surface area contributed by atoms with Crippen molar-refractivity contribution in [2.45, 2.75) is 6.18 Å². The number of halogens is 5. The Morgan fingerprint density at radius 3 is 2.23 bits per heavy atom. The van der Waals surface area contributed by atoms with Crippen LogP contribution < -0.4 is 0 Å². The molecule has 1 radical (unpaired) electrons. The van der Waals surface area contributed by atoms with Gasteiger partial charge < -0.3 is 0 Å². The van der Waals surface area contributed by atoms with Gasteiger partial charge in [0.15, 0.2) is 0 Å². The summed E-state index contributed by atoms with van der Waals surface area (Å²) < 4.78 is 36.3. The first kappa shape index (κ1) is 10.7. The van der Waals surface area contributed by atoms with E-state index in [1.807, 2.05) is 0 Å². The Kier molecular flexibility index (Phi) is 3.09. The lowest BCUT2D eigenvalue weighted by Gasteiger charge is -2.07. The second-order valence-electron chi connectivity index (χ2n) is 2.34. The van der Waals surface area contributed by atoms with E-state index in [9.17, 15) is 13.2 Å². The number of rotatable bonds is 1. The van der Waals surface area contributed by atoms with Crippen LogP contribution in [-0.4, -0.2) is 0 Å². The van der Waals surface area contributed by atoms with Gasteiger partial charge in [0.25, 0.3) is 0 Å². The summed E-state index contributed by atoms with van der Waals surface area (Å²) in [4.78, 5) is 0. The predicted octanol–water partition coefficient (Wildman–Crippen LogP) is 4.11. The van der Waals surface area contributed by atoms with Crippen LogP contribution in [0.2, 0.25) is 5.02 Å². The van der Waals surface area contributed by atoms with Crippen LogP contribution in [0.5, 0.6) is 0 Å². The van der Waals surface area contributed by atoms with Crippen molar-refractivity contribution in [2.24, 2.45) is 0 Å². The van der Waals surface area contributed by atoms with E-state index in [4.69, 9.17) is 23.2 Å². The van der Waals surface area contributed by atoms with Crippen LogP contribution in [0.3, 0.4) is 0 Å². The van der Waals surface area contributed by atoms with Gasteiger partial charge in [0.1, 0.15) is 0 Å². The lowest BCUT2D eigenvalue weighted by Crippen LogP contribution is -2.04. The minimum Gasteiger partial charge on any atom is -0.166 e. The topological polar surface area (TPSA) is 0 Å². The molecule has 1 aromatic rings. The minimum atomic E-state index is -4.37. The maximum Gasteiger partial charge on any atom is 0.416 e. The Bertz CT molecular complexity index is 307. The highest BCUT2D eigenvalue weighted by Gasteiger charge is 2.30. The first-order valence-corrected chi connectivity index (χ1v) is 4.07. The van der Waals surface area contributed by atoms with E-state index < -0.39 is 11.7 Å². The molecule has 0 aliphatic heterocycles. The molecule has 0 bridgehead atoms. The third-order valence-corrected chi connectivity index (χ3v) is 2.01. The fourth-order valence-electron chi connectivity index (χ4n) is 0.792. The average Bonchev–Trinajstić information content (AvgIpc) is 2.02. The number of hydrogen-bond donors (Lipinski definition) is 0. The molecule has 13 heavy (non-hydrogen) atoms. The summed E-state index contributed by atoms with van der Waals surface area (Å²) in [7, 11) is 0. The normalized spacial score (nSPS) is 11.8. The van der Waals surface area contributed by atoms with Crippen molar-refractivity contribution < 1.29 is 13.2 Å². The van der Waals surface area contributed by atoms with Crippen molar-refractivity contribution >= 4 is 23.2 Å². The zero-order valence-electron chi connectivity index (χ0n) is 6.20. The molecule has 1 aromatic carbocycles. The largest absolute Gasteiger partial charge is 0.416 e. The van der Waals surface area contributed by atoms with E-state index >= 15 is 0 Å². The smallest absolute Gasteiger partial charge is 0.166 e. The summed E-state index contributed by atoms with van der Waals surface area (Å²) in [5.74, 6) is 1.13. The van der Waals surface area contributed by atoms with Gasteiger partial charge in [0.2, 0.25) is 0 Å². The van der Waals surface area contributed by atoms with Crippen LogP contribution in [0.4, 0.5) is 13.2 Å². The molecule has 0 aliphatic carbocycles. The van der Waals surface area contributed by atoms with Gasteiger partial charge in [-0.25, -0.2) is 0 Å². The van der Waals surface area contributed by atoms with E-state index in [0.29, 0.717) is 5.56 Å². The summed E-state index contributed by atoms with van der Waals surface area (Å²) in [6.45, 7) is 0. The van der Waals surface area contributed by atoms with Gasteiger partial charge in [-0.2, -0.15) is 13.2 Å². The highest BCUT2D eigenvalue weighted by atomic mass is 35.5. The van der Waals surface area contributed by atoms with Crippen molar-refractivity contribution in [3.8, 4) is 0 Å². The molecule has 0 N–H and O–H groups in total. The molecule has 0 aromatic heterocycles. The fourth-order valence-corrected chi connectivity index (χ4v) is 1.27. The highest BCUT2D eigenvalue weighted by Crippen LogP contribution is 2.32. The molecule has 0 aliphatic rings. The average molecular weight is 228 g/mol. The summed E-state index contributed by atoms with van der Waals surface area (Å²) in [5.41, 5.74) is -0.406. The Hall–Kier alpha value is -0.410. The zero-order valence-corrected chi connectivity index (χ0v) is 7.71. The molecule has 0 saturated carbocycles. The van der Waals surface area contributed by atoms with Crippen LogP contribution in [0.15, 0.2) is 18.2 Å². The van der Waals surface area contributed by atoms with Gasteiger partial charge in [-0.3, -0.25) is 0 Å². The Morgan fingerprint density at radius 1 is 1.23 bits per heavy atom. The lowest BCUT2D eigenvalue weighted by atomic mass is 10.1. The molecule has 0 fully saturated rings. The van der Waals surface area contributed by atoms with Crippen molar-refractivity contribution in [2.75, 3.05) is 0 Å². The molecule has 0 nitrogen and oxygen atoms in total. The van der Waals surface area contributed by atoms with Gasteiger partial charge in [0.05, 0.1) is 11.4 Å². The standard InChI is InChI=1S/C8H4Cl2F3/c9-4-5-1-2-6(3-7(5)10)8(11,12)13/h1-4H. The second kappa shape index (κ2) is 3.76. The van der Waals surface area contributed by atoms with Crippen molar-refractivity contribution in [1.29, 1.82) is 0 Å². The van der Waals surface area contributed by atoms with Crippen LogP contribution in [0.25, 0.3) is 0 Å². The van der Waals surface area contributed by atoms with E-state index in [-0.39, 0.29) is 5.02 Å². The summed E-state index contributed by atoms with van der Waals surface area (Å²) in [5, 5.41) is -0.00942. The molecule has 0 unspecified atom stereocenters. The van der Waals surface area contributed by atoms with Gasteiger partial charge in [-0.15, -0.1) is 11.6 Å². The van der Waals surface area contributed by atoms with Gasteiger partial charge in [0, 0.05) is 5.02 Å². The third-order valence-electron chi connectivity index (χ3n) is 1.45. The first-order chi connectivity index (χ1) is 5.95. The van der Waals surface area contributed by atoms with E-state index in [1.54, 1.807) is 0 Å². The number of hydrogen-bond acceptors (Lipinski definition) is 0. The Balaban J connectivity index is 3.10. The van der Waals surface area contributed by atoms with E-state index in [1.165, 1.54) is 6.07 Å². The predicted molar refractivity (Wildman–Crippen MR) is 45.7 cm³/mol. The Morgan fingerprint density at radius 2 is 1.85 bits per heavy atom. The second-order valence-corrected chi connectivity index (χ2v) is 2.97. The maximum atomic E-state index is 12.1. The minimum absolute atomic E-state index is 0.00942. The molecule has 5 heteroatoms. The maximum absolute atomic E-state index is 12.1. The van der Waals surface area contributed by atoms with Crippen molar-refractivity contribution in [1.82, 2.24) is 0 Å². The summed E-state index contributed by atoms with van der Waals surface area (Å²) in [6, 6.07) is 2.99. The molecule has 0 amide bonds. The van der Waals surface area contributed by atoms with Crippen LogP contribution in [-0.2, 0) is 6.18 Å². The first-order valence-electron chi connectivity index (χ1n) is 3.25. The highest BCUT2D eigenvalue weighted by molar-refractivity contribution is 6.33. The third kappa shape index (κ3) is 2.51. The van der Waals surface area contributed by atoms with Gasteiger partial charge in [-0.05, 0) is 17.7 Å². The number of benzene rings is 1. The molecule has 0 atom stereocenters. The van der Waals surface area contributed by atoms with Crippen molar-refractivity contribution in [3.05, 3.63) is 40.2 Å². The van der Waals surface area contributed by atoms with E-state index in [0.717, 1.165) is 18.0 Å². The lowest BCUT2D eigenvalue weighted by molar-refractivity contribution is -0.137. The quantitative estimate of drug-likeness (QED) is 0.678. The van der Waals surface area contributed by atoms with Gasteiger partial charge in [-0.1, -0.05) is 17.7 Å². The molecular weight excluding hydrogens is 224 g/mol. The molecule has 0 spiro atoms. The monoisotopic (exact) mass is 227 g/mol. The molecule has 1 rings (SSSR count). The summed E-state index contributed by atoms with van der Waals surface area (Å²) >= 11 is 10.8. The fraction of sp³-hybridized carbons (Fsp3) is 0.125. The van der Waals surface area contributed by atoms with Crippen molar-refractivity contribution in [3.63, 3.8) is 0 Å². The molecule has 71 valence electrons. The summed E-state index contributed by atoms with van der Waals surface area (Å²) in [6.07, 6.45) is -4.37. The van der Waals surface area contributed by atoms with Crippen LogP contribution in [0.1, 0.15) is 11.1 Å². The Labute approximate surface area is 83.3 Å². The van der Waals surface area contributed by atoms with Crippen LogP contribution >= 0.6 is 23.2 Å². The number of alkyl halides is 3. The SMILES string of the molecule is FC(F)(F)c1ccc([CH]Cl)c(Cl)c1. The molecule has 0 saturated heterocycles. The van der Waals surface area contributed by atoms with Gasteiger partial charge >= 0.3 is 6.18 Å². The zero-order chi connectivity index (χ0) is 10.1.